The van der Waals surface area contributed by atoms with Crippen molar-refractivity contribution >= 4 is 77.2 Å². The molecule has 0 N–H and O–H groups in total. The second-order valence-electron chi connectivity index (χ2n) is 22.5. The lowest BCUT2D eigenvalue weighted by Gasteiger charge is -2.36. The quantitative estimate of drug-likeness (QED) is 0.100. The van der Waals surface area contributed by atoms with Gasteiger partial charge in [-0.05, 0) is 214 Å². The normalized spacial score (nSPS) is 12.6. The van der Waals surface area contributed by atoms with Crippen LogP contribution in [0, 0.1) is 27.7 Å². The second-order valence-corrected chi connectivity index (χ2v) is 22.5. The standard InChI is InChI=1S/C77H68N2/c1-7-9-11-55-19-31-63(32-20-55)78(65-35-41-71-59(47-65)25-23-57-45-53(5)17-39-69(57)71)67-37-43-73-74-44-38-68(50-76(74)77(75(73)49-67,61-27-13-51(3)14-28-61)62-29-15-52(4)16-30-62)79(64-33-21-56(22-34-64)12-10-8-2)66-36-42-72-60(48-66)26-24-58-46-54(6)18-40-70(58)72/h13-50H,7-12H2,1-6H3. The summed E-state index contributed by atoms with van der Waals surface area (Å²) in [5.41, 5.74) is 21.4. The van der Waals surface area contributed by atoms with Gasteiger partial charge in [0.1, 0.15) is 0 Å². The first kappa shape index (κ1) is 49.8. The summed E-state index contributed by atoms with van der Waals surface area (Å²) in [5, 5.41) is 10.1. The largest absolute Gasteiger partial charge is 0.310 e. The van der Waals surface area contributed by atoms with Crippen LogP contribution < -0.4 is 9.80 Å². The molecule has 13 rings (SSSR count). The molecular weight excluding hydrogens is 953 g/mol. The Balaban J connectivity index is 1.03. The molecule has 79 heavy (non-hydrogen) atoms. The van der Waals surface area contributed by atoms with Crippen molar-refractivity contribution in [3.8, 4) is 11.1 Å². The molecule has 0 amide bonds. The Morgan fingerprint density at radius 1 is 0.291 bits per heavy atom. The van der Waals surface area contributed by atoms with Crippen LogP contribution in [-0.4, -0.2) is 0 Å². The fraction of sp³-hybridized carbons (Fsp3) is 0.169. The van der Waals surface area contributed by atoms with Crippen molar-refractivity contribution in [1.82, 2.24) is 0 Å². The predicted molar refractivity (Wildman–Crippen MR) is 339 cm³/mol. The van der Waals surface area contributed by atoms with E-state index in [9.17, 15) is 0 Å². The highest BCUT2D eigenvalue weighted by Crippen LogP contribution is 2.59. The van der Waals surface area contributed by atoms with Gasteiger partial charge in [0.15, 0.2) is 0 Å². The second kappa shape index (κ2) is 20.6. The van der Waals surface area contributed by atoms with E-state index in [0.29, 0.717) is 0 Å². The molecule has 12 aromatic rings. The Morgan fingerprint density at radius 3 is 0.987 bits per heavy atom. The van der Waals surface area contributed by atoms with Crippen LogP contribution in [0.5, 0.6) is 0 Å². The first-order valence-electron chi connectivity index (χ1n) is 28.7. The fourth-order valence-corrected chi connectivity index (χ4v) is 12.9. The number of anilines is 6. The molecular formula is C77H68N2. The third kappa shape index (κ3) is 8.94. The lowest BCUT2D eigenvalue weighted by Crippen LogP contribution is -2.29. The van der Waals surface area contributed by atoms with Crippen LogP contribution in [-0.2, 0) is 18.3 Å². The summed E-state index contributed by atoms with van der Waals surface area (Å²) in [4.78, 5) is 4.98. The Bertz CT molecular complexity index is 3960. The van der Waals surface area contributed by atoms with Crippen molar-refractivity contribution in [1.29, 1.82) is 0 Å². The zero-order valence-electron chi connectivity index (χ0n) is 46.6. The van der Waals surface area contributed by atoms with E-state index in [1.807, 2.05) is 0 Å². The molecule has 0 unspecified atom stereocenters. The number of nitrogens with zero attached hydrogens (tertiary/aromatic N) is 2. The summed E-state index contributed by atoms with van der Waals surface area (Å²) < 4.78 is 0. The van der Waals surface area contributed by atoms with Gasteiger partial charge >= 0.3 is 0 Å². The Kier molecular flexibility index (Phi) is 13.0. The summed E-state index contributed by atoms with van der Waals surface area (Å²) in [6.45, 7) is 13.3. The van der Waals surface area contributed by atoms with Gasteiger partial charge in [0, 0.05) is 34.1 Å². The van der Waals surface area contributed by atoms with Gasteiger partial charge in [0.2, 0.25) is 0 Å². The third-order valence-electron chi connectivity index (χ3n) is 17.1. The van der Waals surface area contributed by atoms with Gasteiger partial charge in [0.25, 0.3) is 0 Å². The summed E-state index contributed by atoms with van der Waals surface area (Å²) in [7, 11) is 0. The van der Waals surface area contributed by atoms with Crippen molar-refractivity contribution in [2.75, 3.05) is 9.80 Å². The monoisotopic (exact) mass is 1020 g/mol. The number of hydrogen-bond acceptors (Lipinski definition) is 2. The molecule has 0 saturated heterocycles. The lowest BCUT2D eigenvalue weighted by atomic mass is 9.67. The van der Waals surface area contributed by atoms with Gasteiger partial charge in [-0.3, -0.25) is 0 Å². The van der Waals surface area contributed by atoms with Crippen LogP contribution in [0.1, 0.15) is 95.2 Å². The molecule has 386 valence electrons. The first-order chi connectivity index (χ1) is 38.7. The molecule has 0 atom stereocenters. The van der Waals surface area contributed by atoms with Gasteiger partial charge in [-0.1, -0.05) is 207 Å². The van der Waals surface area contributed by atoms with E-state index in [2.05, 4.69) is 282 Å². The van der Waals surface area contributed by atoms with Crippen LogP contribution in [0.2, 0.25) is 0 Å². The molecule has 1 aliphatic rings. The summed E-state index contributed by atoms with van der Waals surface area (Å²) in [6, 6.07) is 88.9. The van der Waals surface area contributed by atoms with Gasteiger partial charge in [0.05, 0.1) is 5.41 Å². The van der Waals surface area contributed by atoms with Crippen molar-refractivity contribution in [3.63, 3.8) is 0 Å². The number of hydrogen-bond donors (Lipinski definition) is 0. The zero-order chi connectivity index (χ0) is 53.8. The van der Waals surface area contributed by atoms with Crippen LogP contribution >= 0.6 is 0 Å². The number of unbranched alkanes of at least 4 members (excludes halogenated alkanes) is 2. The van der Waals surface area contributed by atoms with Gasteiger partial charge < -0.3 is 9.80 Å². The van der Waals surface area contributed by atoms with Crippen LogP contribution in [0.3, 0.4) is 0 Å². The van der Waals surface area contributed by atoms with Crippen LogP contribution in [0.25, 0.3) is 54.2 Å². The van der Waals surface area contributed by atoms with E-state index < -0.39 is 5.41 Å². The number of fused-ring (bicyclic) bond motifs is 9. The average Bonchev–Trinajstić information content (AvgIpc) is 4.03. The van der Waals surface area contributed by atoms with E-state index in [-0.39, 0.29) is 0 Å². The minimum atomic E-state index is -0.676. The molecule has 0 saturated carbocycles. The Morgan fingerprint density at radius 2 is 0.608 bits per heavy atom. The van der Waals surface area contributed by atoms with E-state index in [0.717, 1.165) is 47.0 Å². The Labute approximate surface area is 467 Å². The van der Waals surface area contributed by atoms with E-state index in [1.165, 1.54) is 136 Å². The van der Waals surface area contributed by atoms with Crippen LogP contribution in [0.4, 0.5) is 34.1 Å². The average molecular weight is 1020 g/mol. The van der Waals surface area contributed by atoms with E-state index in [4.69, 9.17) is 0 Å². The number of benzene rings is 12. The topological polar surface area (TPSA) is 6.48 Å². The smallest absolute Gasteiger partial charge is 0.0715 e. The number of rotatable bonds is 14. The van der Waals surface area contributed by atoms with Crippen molar-refractivity contribution in [2.45, 2.75) is 85.5 Å². The molecule has 2 nitrogen and oxygen atoms in total. The fourth-order valence-electron chi connectivity index (χ4n) is 12.9. The molecule has 12 aromatic carbocycles. The van der Waals surface area contributed by atoms with E-state index in [1.54, 1.807) is 0 Å². The Hall–Kier alpha value is -8.72. The maximum absolute atomic E-state index is 2.52. The molecule has 0 aliphatic heterocycles. The maximum atomic E-state index is 2.52. The van der Waals surface area contributed by atoms with E-state index >= 15 is 0 Å². The summed E-state index contributed by atoms with van der Waals surface area (Å²) in [5.74, 6) is 0. The third-order valence-corrected chi connectivity index (χ3v) is 17.1. The molecule has 0 aromatic heterocycles. The SMILES string of the molecule is CCCCc1ccc(N(c2ccc3c(c2)C(c2ccc(C)cc2)(c2ccc(C)cc2)c2cc(N(c4ccc(CCCC)cc4)c4ccc5c(ccc6cc(C)ccc65)c4)ccc2-3)c2ccc3c(ccc4cc(C)ccc43)c2)cc1. The maximum Gasteiger partial charge on any atom is 0.0715 e. The molecule has 1 aliphatic carbocycles. The highest BCUT2D eigenvalue weighted by Gasteiger charge is 2.47. The lowest BCUT2D eigenvalue weighted by molar-refractivity contribution is 0.767. The van der Waals surface area contributed by atoms with Crippen molar-refractivity contribution in [3.05, 3.63) is 286 Å². The minimum absolute atomic E-state index is 0.676. The molecule has 0 heterocycles. The van der Waals surface area contributed by atoms with Gasteiger partial charge in [-0.25, -0.2) is 0 Å². The summed E-state index contributed by atoms with van der Waals surface area (Å²) in [6.07, 6.45) is 6.86. The summed E-state index contributed by atoms with van der Waals surface area (Å²) >= 11 is 0. The van der Waals surface area contributed by atoms with Gasteiger partial charge in [-0.15, -0.1) is 0 Å². The predicted octanol–water partition coefficient (Wildman–Crippen LogP) is 21.5. The zero-order valence-corrected chi connectivity index (χ0v) is 46.6. The molecule has 0 bridgehead atoms. The highest BCUT2D eigenvalue weighted by atomic mass is 15.1. The van der Waals surface area contributed by atoms with Gasteiger partial charge in [-0.2, -0.15) is 0 Å². The van der Waals surface area contributed by atoms with Crippen molar-refractivity contribution in [2.24, 2.45) is 0 Å². The minimum Gasteiger partial charge on any atom is -0.310 e. The highest BCUT2D eigenvalue weighted by molar-refractivity contribution is 6.10. The molecule has 0 fully saturated rings. The molecule has 0 spiro atoms. The van der Waals surface area contributed by atoms with Crippen LogP contribution in [0.15, 0.2) is 231 Å². The molecule has 2 heteroatoms. The molecule has 0 radical (unpaired) electrons. The first-order valence-corrected chi connectivity index (χ1v) is 28.7. The number of aryl methyl sites for hydroxylation is 6. The van der Waals surface area contributed by atoms with Crippen molar-refractivity contribution < 1.29 is 0 Å².